The number of nitrogens with zero attached hydrogens (tertiary/aromatic N) is 2. The van der Waals surface area contributed by atoms with E-state index in [9.17, 15) is 9.18 Å². The van der Waals surface area contributed by atoms with E-state index in [1.807, 2.05) is 18.3 Å². The van der Waals surface area contributed by atoms with Crippen molar-refractivity contribution in [2.75, 3.05) is 45.9 Å². The lowest BCUT2D eigenvalue weighted by molar-refractivity contribution is -0.138. The lowest BCUT2D eigenvalue weighted by Crippen LogP contribution is -2.53. The molecule has 0 spiro atoms. The summed E-state index contributed by atoms with van der Waals surface area (Å²) in [5, 5.41) is 7.21. The van der Waals surface area contributed by atoms with Gasteiger partial charge in [0.05, 0.1) is 23.4 Å². The number of halogens is 2. The molecule has 0 aliphatic carbocycles. The molecule has 8 nitrogen and oxygen atoms in total. The summed E-state index contributed by atoms with van der Waals surface area (Å²) in [4.78, 5) is 17.1. The maximum Gasteiger partial charge on any atom is 0.339 e. The molecule has 42 heavy (non-hydrogen) atoms. The molecule has 0 radical (unpaired) electrons. The molecule has 0 aromatic heterocycles. The number of carbonyl (C=O) groups is 1. The minimum absolute atomic E-state index is 0.0519. The summed E-state index contributed by atoms with van der Waals surface area (Å²) in [5.74, 6) is 0.0859. The number of likely N-dealkylation sites (tertiary alicyclic amines) is 1. The first-order valence-corrected chi connectivity index (χ1v) is 15.1. The van der Waals surface area contributed by atoms with Gasteiger partial charge in [-0.3, -0.25) is 4.90 Å². The van der Waals surface area contributed by atoms with Gasteiger partial charge < -0.3 is 29.7 Å². The largest absolute Gasteiger partial charge is 0.462 e. The Morgan fingerprint density at radius 2 is 1.98 bits per heavy atom. The molecule has 2 saturated heterocycles. The topological polar surface area (TPSA) is 75.3 Å². The Labute approximate surface area is 251 Å². The number of rotatable bonds is 9. The highest BCUT2D eigenvalue weighted by Crippen LogP contribution is 2.49. The van der Waals surface area contributed by atoms with E-state index in [0.717, 1.165) is 63.4 Å². The lowest BCUT2D eigenvalue weighted by atomic mass is 9.88. The number of para-hydroxylation sites is 1. The number of benzene rings is 2. The number of hydrogen-bond donors (Lipinski definition) is 2. The number of hydrogen-bond acceptors (Lipinski definition) is 8. The van der Waals surface area contributed by atoms with Crippen LogP contribution in [0.4, 0.5) is 4.39 Å². The first-order valence-electron chi connectivity index (χ1n) is 14.7. The molecule has 10 heteroatoms. The van der Waals surface area contributed by atoms with E-state index >= 15 is 0 Å². The number of nitrogens with one attached hydrogen (secondary N) is 2. The van der Waals surface area contributed by atoms with Crippen LogP contribution in [-0.4, -0.2) is 67.8 Å². The minimum Gasteiger partial charge on any atom is -0.462 e. The number of piperidine rings is 1. The molecule has 2 N–H and O–H groups in total. The van der Waals surface area contributed by atoms with E-state index in [0.29, 0.717) is 46.1 Å². The van der Waals surface area contributed by atoms with E-state index in [-0.39, 0.29) is 12.1 Å². The zero-order valence-electron chi connectivity index (χ0n) is 24.1. The molecule has 6 rings (SSSR count). The maximum atomic E-state index is 14.8. The van der Waals surface area contributed by atoms with Crippen molar-refractivity contribution in [3.8, 4) is 11.5 Å². The van der Waals surface area contributed by atoms with Crippen molar-refractivity contribution in [3.05, 3.63) is 82.4 Å². The second kappa shape index (κ2) is 11.8. The fraction of sp³-hybridized carbons (Fsp3) is 0.469. The van der Waals surface area contributed by atoms with Crippen LogP contribution in [0.5, 0.6) is 11.5 Å². The van der Waals surface area contributed by atoms with Crippen molar-refractivity contribution in [1.29, 1.82) is 0 Å². The van der Waals surface area contributed by atoms with Crippen LogP contribution in [-0.2, 0) is 15.3 Å². The number of fused-ring (bicyclic) bond motifs is 1. The molecule has 2 unspecified atom stereocenters. The molecule has 4 aliphatic heterocycles. The van der Waals surface area contributed by atoms with Gasteiger partial charge in [0.1, 0.15) is 12.0 Å². The van der Waals surface area contributed by atoms with Crippen LogP contribution in [0, 0.1) is 11.7 Å². The Hall–Kier alpha value is -3.27. The molecule has 2 aromatic carbocycles. The predicted molar refractivity (Wildman–Crippen MR) is 159 cm³/mol. The molecule has 2 atom stereocenters. The predicted octanol–water partition coefficient (Wildman–Crippen LogP) is 4.71. The highest BCUT2D eigenvalue weighted by Gasteiger charge is 2.43. The van der Waals surface area contributed by atoms with Gasteiger partial charge in [-0.25, -0.2) is 9.18 Å². The van der Waals surface area contributed by atoms with Crippen LogP contribution in [0.1, 0.15) is 43.7 Å². The van der Waals surface area contributed by atoms with Gasteiger partial charge in [-0.2, -0.15) is 0 Å². The van der Waals surface area contributed by atoms with Crippen LogP contribution in [0.15, 0.2) is 60.4 Å². The third-order valence-corrected chi connectivity index (χ3v) is 8.92. The van der Waals surface area contributed by atoms with Crippen LogP contribution in [0.2, 0.25) is 5.02 Å². The number of ether oxygens (including phenoxy) is 3. The van der Waals surface area contributed by atoms with Crippen molar-refractivity contribution in [2.45, 2.75) is 44.6 Å². The molecular weight excluding hydrogens is 559 g/mol. The third kappa shape index (κ3) is 5.70. The molecule has 4 aliphatic rings. The van der Waals surface area contributed by atoms with Gasteiger partial charge in [0.15, 0.2) is 11.5 Å². The van der Waals surface area contributed by atoms with Gasteiger partial charge in [0, 0.05) is 55.8 Å². The Balaban J connectivity index is 1.10. The number of esters is 1. The Morgan fingerprint density at radius 1 is 1.19 bits per heavy atom. The SMILES string of the molecule is C=C(C(=O)OCC)C1=CN(CC2CNC2)C(CN2CCC(c3cccc4c3OC(C)(c3ccc(Cl)cc3F)O4)CC2)N1. The van der Waals surface area contributed by atoms with E-state index in [1.54, 1.807) is 26.0 Å². The van der Waals surface area contributed by atoms with Gasteiger partial charge in [-0.15, -0.1) is 0 Å². The molecule has 0 saturated carbocycles. The monoisotopic (exact) mass is 596 g/mol. The van der Waals surface area contributed by atoms with Gasteiger partial charge in [0.2, 0.25) is 0 Å². The molecule has 0 amide bonds. The minimum atomic E-state index is -1.26. The van der Waals surface area contributed by atoms with Crippen LogP contribution >= 0.6 is 11.6 Å². The molecular formula is C32H38ClFN4O4. The zero-order valence-corrected chi connectivity index (χ0v) is 24.9. The molecule has 224 valence electrons. The van der Waals surface area contributed by atoms with E-state index in [4.69, 9.17) is 25.8 Å². The fourth-order valence-electron chi connectivity index (χ4n) is 6.26. The summed E-state index contributed by atoms with van der Waals surface area (Å²) in [5.41, 5.74) is 2.50. The van der Waals surface area contributed by atoms with Gasteiger partial charge in [-0.1, -0.05) is 30.3 Å². The summed E-state index contributed by atoms with van der Waals surface area (Å²) < 4.78 is 32.5. The van der Waals surface area contributed by atoms with E-state index < -0.39 is 11.6 Å². The quantitative estimate of drug-likeness (QED) is 0.318. The fourth-order valence-corrected chi connectivity index (χ4v) is 6.42. The summed E-state index contributed by atoms with van der Waals surface area (Å²) >= 11 is 5.97. The van der Waals surface area contributed by atoms with Crippen molar-refractivity contribution >= 4 is 17.6 Å². The summed E-state index contributed by atoms with van der Waals surface area (Å²) in [6.07, 6.45) is 4.00. The number of carbonyl (C=O) groups excluding carboxylic acids is 1. The maximum absolute atomic E-state index is 14.8. The summed E-state index contributed by atoms with van der Waals surface area (Å²) in [7, 11) is 0. The zero-order chi connectivity index (χ0) is 29.4. The van der Waals surface area contributed by atoms with Crippen molar-refractivity contribution in [3.63, 3.8) is 0 Å². The highest BCUT2D eigenvalue weighted by molar-refractivity contribution is 6.30. The van der Waals surface area contributed by atoms with Gasteiger partial charge in [-0.05, 0) is 63.0 Å². The van der Waals surface area contributed by atoms with Crippen LogP contribution in [0.25, 0.3) is 0 Å². The molecule has 2 fully saturated rings. The van der Waals surface area contributed by atoms with Crippen molar-refractivity contribution in [1.82, 2.24) is 20.4 Å². The van der Waals surface area contributed by atoms with E-state index in [2.05, 4.69) is 33.1 Å². The molecule has 0 bridgehead atoms. The summed E-state index contributed by atoms with van der Waals surface area (Å²) in [6.45, 7) is 13.4. The second-order valence-electron chi connectivity index (χ2n) is 11.6. The first-order chi connectivity index (χ1) is 20.2. The third-order valence-electron chi connectivity index (χ3n) is 8.69. The van der Waals surface area contributed by atoms with Crippen LogP contribution < -0.4 is 20.1 Å². The highest BCUT2D eigenvalue weighted by atomic mass is 35.5. The Kier molecular flexibility index (Phi) is 8.09. The molecule has 4 heterocycles. The standard InChI is InChI=1S/C32H38ClFN4O4/c1-4-40-31(39)20(2)27-18-38(17-21-15-35-16-21)29(36-27)19-37-12-10-22(11-13-37)24-6-5-7-28-30(24)42-32(3,41-28)25-9-8-23(33)14-26(25)34/h5-9,14,18,21-22,29,35-36H,2,4,10-13,15-17,19H2,1,3H3. The first kappa shape index (κ1) is 28.8. The van der Waals surface area contributed by atoms with Crippen LogP contribution in [0.3, 0.4) is 0 Å². The van der Waals surface area contributed by atoms with Gasteiger partial charge in [0.25, 0.3) is 5.79 Å². The van der Waals surface area contributed by atoms with Crippen molar-refractivity contribution < 1.29 is 23.4 Å². The van der Waals surface area contributed by atoms with Crippen molar-refractivity contribution in [2.24, 2.45) is 5.92 Å². The Morgan fingerprint density at radius 3 is 2.67 bits per heavy atom. The normalized spacial score (nSPS) is 24.2. The average Bonchev–Trinajstić information content (AvgIpc) is 3.51. The van der Waals surface area contributed by atoms with Gasteiger partial charge >= 0.3 is 5.97 Å². The van der Waals surface area contributed by atoms with E-state index in [1.165, 1.54) is 6.07 Å². The summed E-state index contributed by atoms with van der Waals surface area (Å²) in [6, 6.07) is 10.5. The second-order valence-corrected chi connectivity index (χ2v) is 12.1. The molecule has 2 aromatic rings. The Bertz CT molecular complexity index is 1390. The smallest absolute Gasteiger partial charge is 0.339 e. The lowest BCUT2D eigenvalue weighted by Gasteiger charge is -2.38. The average molecular weight is 597 g/mol.